The van der Waals surface area contributed by atoms with Crippen LogP contribution in [-0.4, -0.2) is 56.7 Å². The number of hydrogen-bond donors (Lipinski definition) is 1. The number of nitrogens with one attached hydrogen (secondary N) is 1. The fraction of sp³-hybridized carbons (Fsp3) is 0.889. The molecule has 16 heavy (non-hydrogen) atoms. The maximum absolute atomic E-state index is 12.1. The average molecular weight is 250 g/mol. The first-order chi connectivity index (χ1) is 7.45. The summed E-state index contributed by atoms with van der Waals surface area (Å²) in [5, 5.41) is 1.87. The van der Waals surface area contributed by atoms with Crippen molar-refractivity contribution in [2.24, 2.45) is 0 Å². The molecule has 0 aliphatic carbocycles. The number of ether oxygens (including phenoxy) is 1. The number of carbonyl (C=O) groups is 1. The number of esters is 1. The van der Waals surface area contributed by atoms with Gasteiger partial charge in [0.1, 0.15) is 0 Å². The Morgan fingerprint density at radius 2 is 2.12 bits per heavy atom. The molecule has 1 saturated heterocycles. The molecule has 94 valence electrons. The molecule has 0 aromatic heterocycles. The van der Waals surface area contributed by atoms with Crippen LogP contribution in [0.1, 0.15) is 13.8 Å². The highest BCUT2D eigenvalue weighted by atomic mass is 32.2. The molecule has 0 spiro atoms. The maximum Gasteiger partial charge on any atom is 0.325 e. The number of nitrogens with zero attached hydrogens (tertiary/aromatic N) is 1. The Kier molecular flexibility index (Phi) is 4.28. The second kappa shape index (κ2) is 5.11. The smallest absolute Gasteiger partial charge is 0.325 e. The van der Waals surface area contributed by atoms with E-state index in [1.54, 1.807) is 6.92 Å². The summed E-state index contributed by atoms with van der Waals surface area (Å²) in [4.78, 5) is 11.3. The molecule has 0 bridgehead atoms. The van der Waals surface area contributed by atoms with Crippen molar-refractivity contribution in [3.63, 3.8) is 0 Å². The van der Waals surface area contributed by atoms with Gasteiger partial charge in [0.25, 0.3) is 0 Å². The molecule has 1 rings (SSSR count). The number of sulfonamides is 1. The van der Waals surface area contributed by atoms with E-state index >= 15 is 0 Å². The zero-order chi connectivity index (χ0) is 12.3. The van der Waals surface area contributed by atoms with Gasteiger partial charge in [-0.15, -0.1) is 0 Å². The molecular weight excluding hydrogens is 232 g/mol. The minimum Gasteiger partial charge on any atom is -0.468 e. The second-order valence-electron chi connectivity index (χ2n) is 3.73. The van der Waals surface area contributed by atoms with E-state index in [-0.39, 0.29) is 6.04 Å². The monoisotopic (exact) mass is 250 g/mol. The highest BCUT2D eigenvalue weighted by molar-refractivity contribution is 7.90. The van der Waals surface area contributed by atoms with E-state index in [4.69, 9.17) is 0 Å². The average Bonchev–Trinajstić information content (AvgIpc) is 2.20. The van der Waals surface area contributed by atoms with E-state index in [1.807, 2.05) is 0 Å². The number of hydrogen-bond acceptors (Lipinski definition) is 5. The van der Waals surface area contributed by atoms with Gasteiger partial charge >= 0.3 is 5.97 Å². The Balaban J connectivity index is 2.85. The molecule has 6 nitrogen and oxygen atoms in total. The van der Waals surface area contributed by atoms with Crippen molar-refractivity contribution in [3.05, 3.63) is 0 Å². The molecule has 1 atom stereocenters. The predicted octanol–water partition coefficient (Wildman–Crippen LogP) is -0.829. The highest BCUT2D eigenvalue weighted by Gasteiger charge is 2.39. The van der Waals surface area contributed by atoms with Crippen LogP contribution in [0.15, 0.2) is 0 Å². The summed E-state index contributed by atoms with van der Waals surface area (Å²) in [6.07, 6.45) is 0. The summed E-state index contributed by atoms with van der Waals surface area (Å²) in [6, 6.07) is -0.0397. The van der Waals surface area contributed by atoms with Crippen LogP contribution >= 0.6 is 0 Å². The Morgan fingerprint density at radius 1 is 1.56 bits per heavy atom. The topological polar surface area (TPSA) is 75.7 Å². The number of methoxy groups -OCH3 is 1. The van der Waals surface area contributed by atoms with E-state index in [0.717, 1.165) is 0 Å². The highest BCUT2D eigenvalue weighted by Crippen LogP contribution is 2.16. The lowest BCUT2D eigenvalue weighted by atomic mass is 10.2. The first-order valence-corrected chi connectivity index (χ1v) is 6.74. The SMILES string of the molecule is CCN(C1CNC1)S(=O)(=O)C(C)C(=O)OC. The standard InChI is InChI=1S/C9H18N2O4S/c1-4-11(8-5-10-6-8)16(13,14)7(2)9(12)15-3/h7-8,10H,4-6H2,1-3H3. The molecule has 1 aliphatic rings. The van der Waals surface area contributed by atoms with Gasteiger partial charge in [0.15, 0.2) is 5.25 Å². The Morgan fingerprint density at radius 3 is 2.44 bits per heavy atom. The van der Waals surface area contributed by atoms with Crippen LogP contribution in [0.4, 0.5) is 0 Å². The van der Waals surface area contributed by atoms with Gasteiger partial charge < -0.3 is 10.1 Å². The van der Waals surface area contributed by atoms with Crippen molar-refractivity contribution >= 4 is 16.0 Å². The lowest BCUT2D eigenvalue weighted by molar-refractivity contribution is -0.139. The van der Waals surface area contributed by atoms with Gasteiger partial charge in [0.2, 0.25) is 10.0 Å². The molecule has 0 amide bonds. The molecular formula is C9H18N2O4S. The molecule has 0 aromatic carbocycles. The largest absolute Gasteiger partial charge is 0.468 e. The molecule has 1 fully saturated rings. The summed E-state index contributed by atoms with van der Waals surface area (Å²) in [6.45, 7) is 4.77. The van der Waals surface area contributed by atoms with Gasteiger partial charge in [-0.1, -0.05) is 6.92 Å². The number of likely N-dealkylation sites (N-methyl/N-ethyl adjacent to an activating group) is 1. The van der Waals surface area contributed by atoms with Crippen molar-refractivity contribution < 1.29 is 17.9 Å². The van der Waals surface area contributed by atoms with Gasteiger partial charge in [-0.25, -0.2) is 8.42 Å². The maximum atomic E-state index is 12.1. The van der Waals surface area contributed by atoms with Crippen molar-refractivity contribution in [1.82, 2.24) is 9.62 Å². The molecule has 0 radical (unpaired) electrons. The lowest BCUT2D eigenvalue weighted by Crippen LogP contribution is -2.60. The fourth-order valence-corrected chi connectivity index (χ4v) is 3.28. The zero-order valence-electron chi connectivity index (χ0n) is 9.76. The van der Waals surface area contributed by atoms with E-state index in [2.05, 4.69) is 10.1 Å². The van der Waals surface area contributed by atoms with Crippen molar-refractivity contribution in [2.45, 2.75) is 25.1 Å². The quantitative estimate of drug-likeness (QED) is 0.645. The Labute approximate surface area is 96.0 Å². The van der Waals surface area contributed by atoms with Crippen molar-refractivity contribution in [3.8, 4) is 0 Å². The summed E-state index contributed by atoms with van der Waals surface area (Å²) in [5.74, 6) is -0.717. The molecule has 7 heteroatoms. The van der Waals surface area contributed by atoms with Crippen LogP contribution in [0.25, 0.3) is 0 Å². The zero-order valence-corrected chi connectivity index (χ0v) is 10.6. The molecule has 1 N–H and O–H groups in total. The molecule has 0 saturated carbocycles. The van der Waals surface area contributed by atoms with Crippen LogP contribution in [-0.2, 0) is 19.6 Å². The third-order valence-corrected chi connectivity index (χ3v) is 5.08. The van der Waals surface area contributed by atoms with Crippen molar-refractivity contribution in [2.75, 3.05) is 26.7 Å². The Hall–Kier alpha value is -0.660. The first kappa shape index (κ1) is 13.4. The van der Waals surface area contributed by atoms with E-state index in [9.17, 15) is 13.2 Å². The van der Waals surface area contributed by atoms with Crippen LogP contribution in [0.3, 0.4) is 0 Å². The summed E-state index contributed by atoms with van der Waals surface area (Å²) >= 11 is 0. The van der Waals surface area contributed by atoms with Crippen LogP contribution in [0.5, 0.6) is 0 Å². The second-order valence-corrected chi connectivity index (χ2v) is 5.93. The Bertz CT molecular complexity index is 351. The summed E-state index contributed by atoms with van der Waals surface area (Å²) < 4.78 is 30.0. The third-order valence-electron chi connectivity index (χ3n) is 2.79. The first-order valence-electron chi connectivity index (χ1n) is 5.24. The van der Waals surface area contributed by atoms with Gasteiger partial charge in [-0.05, 0) is 6.92 Å². The minimum absolute atomic E-state index is 0.0397. The van der Waals surface area contributed by atoms with E-state index in [0.29, 0.717) is 19.6 Å². The van der Waals surface area contributed by atoms with Crippen LogP contribution < -0.4 is 5.32 Å². The number of carbonyl (C=O) groups excluding carboxylic acids is 1. The van der Waals surface area contributed by atoms with Crippen molar-refractivity contribution in [1.29, 1.82) is 0 Å². The van der Waals surface area contributed by atoms with Gasteiger partial charge in [-0.3, -0.25) is 4.79 Å². The molecule has 1 heterocycles. The summed E-state index contributed by atoms with van der Waals surface area (Å²) in [7, 11) is -2.41. The lowest BCUT2D eigenvalue weighted by Gasteiger charge is -2.37. The summed E-state index contributed by atoms with van der Waals surface area (Å²) in [5.41, 5.74) is 0. The minimum atomic E-state index is -3.60. The predicted molar refractivity (Wildman–Crippen MR) is 59.4 cm³/mol. The molecule has 1 unspecified atom stereocenters. The van der Waals surface area contributed by atoms with Gasteiger partial charge in [0.05, 0.1) is 7.11 Å². The van der Waals surface area contributed by atoms with Crippen LogP contribution in [0.2, 0.25) is 0 Å². The fourth-order valence-electron chi connectivity index (χ4n) is 1.61. The molecule has 0 aromatic rings. The molecule has 1 aliphatic heterocycles. The normalized spacial score (nSPS) is 19.2. The van der Waals surface area contributed by atoms with Gasteiger partial charge in [0, 0.05) is 25.7 Å². The number of rotatable bonds is 5. The van der Waals surface area contributed by atoms with Gasteiger partial charge in [-0.2, -0.15) is 4.31 Å². The third kappa shape index (κ3) is 2.36. The van der Waals surface area contributed by atoms with E-state index in [1.165, 1.54) is 18.3 Å². The van der Waals surface area contributed by atoms with Crippen LogP contribution in [0, 0.1) is 0 Å². The van der Waals surface area contributed by atoms with E-state index < -0.39 is 21.2 Å².